The van der Waals surface area contributed by atoms with Crippen molar-refractivity contribution in [2.45, 2.75) is 44.6 Å². The lowest BCUT2D eigenvalue weighted by Crippen LogP contribution is -2.30. The van der Waals surface area contributed by atoms with Gasteiger partial charge in [0.2, 0.25) is 0 Å². The molecular formula is C32H32N2O4. The number of aliphatic carboxylic acids is 1. The highest BCUT2D eigenvalue weighted by Gasteiger charge is 2.20. The Balaban J connectivity index is 1.26. The quantitative estimate of drug-likeness (QED) is 0.246. The third-order valence-electron chi connectivity index (χ3n) is 7.30. The number of hydrogen-bond donors (Lipinski definition) is 2. The summed E-state index contributed by atoms with van der Waals surface area (Å²) in [6, 6.07) is 24.4. The van der Waals surface area contributed by atoms with Crippen molar-refractivity contribution in [3.8, 4) is 16.9 Å². The molecule has 194 valence electrons. The number of benzene rings is 3. The van der Waals surface area contributed by atoms with E-state index in [1.807, 2.05) is 72.8 Å². The lowest BCUT2D eigenvalue weighted by atomic mass is 9.99. The first kappa shape index (κ1) is 25.5. The molecule has 6 nitrogen and oxygen atoms in total. The molecule has 1 fully saturated rings. The third kappa shape index (κ3) is 6.38. The molecule has 1 amide bonds. The molecule has 0 bridgehead atoms. The number of ether oxygens (including phenoxy) is 1. The van der Waals surface area contributed by atoms with Gasteiger partial charge in [-0.3, -0.25) is 14.6 Å². The van der Waals surface area contributed by atoms with Gasteiger partial charge < -0.3 is 15.2 Å². The van der Waals surface area contributed by atoms with Crippen LogP contribution in [0.3, 0.4) is 0 Å². The summed E-state index contributed by atoms with van der Waals surface area (Å²) < 4.78 is 5.97. The zero-order valence-electron chi connectivity index (χ0n) is 21.3. The van der Waals surface area contributed by atoms with Crippen LogP contribution >= 0.6 is 0 Å². The standard InChI is InChI=1S/C32H32N2O4/c35-31(36)20-29(25-12-10-24(11-13-25)23-8-2-1-3-9-23)34-32(37)30-19-26-14-15-28(18-27(26)21-33-30)38-17-16-22-6-4-5-7-22/h1-3,8-15,18-19,21-22,29H,4-7,16-17,20H2,(H,34,37)(H,35,36). The molecule has 1 saturated carbocycles. The largest absolute Gasteiger partial charge is 0.494 e. The Kier molecular flexibility index (Phi) is 7.98. The highest BCUT2D eigenvalue weighted by Crippen LogP contribution is 2.28. The van der Waals surface area contributed by atoms with E-state index in [4.69, 9.17) is 4.74 Å². The van der Waals surface area contributed by atoms with Crippen molar-refractivity contribution in [3.05, 3.63) is 96.3 Å². The van der Waals surface area contributed by atoms with Gasteiger partial charge in [-0.15, -0.1) is 0 Å². The second-order valence-corrected chi connectivity index (χ2v) is 9.98. The van der Waals surface area contributed by atoms with E-state index in [0.717, 1.165) is 45.6 Å². The Labute approximate surface area is 222 Å². The molecule has 1 heterocycles. The van der Waals surface area contributed by atoms with Crippen LogP contribution in [0.25, 0.3) is 21.9 Å². The number of fused-ring (bicyclic) bond motifs is 1. The fraction of sp³-hybridized carbons (Fsp3) is 0.281. The molecule has 1 aliphatic carbocycles. The highest BCUT2D eigenvalue weighted by molar-refractivity contribution is 5.97. The van der Waals surface area contributed by atoms with Crippen LogP contribution in [-0.2, 0) is 4.79 Å². The number of carbonyl (C=O) groups is 2. The maximum absolute atomic E-state index is 13.1. The lowest BCUT2D eigenvalue weighted by Gasteiger charge is -2.18. The van der Waals surface area contributed by atoms with Crippen LogP contribution in [0.15, 0.2) is 85.1 Å². The van der Waals surface area contributed by atoms with Gasteiger partial charge in [0.15, 0.2) is 0 Å². The van der Waals surface area contributed by atoms with Crippen molar-refractivity contribution in [1.29, 1.82) is 0 Å². The second kappa shape index (κ2) is 11.9. The van der Waals surface area contributed by atoms with Crippen LogP contribution in [0.1, 0.15) is 60.6 Å². The lowest BCUT2D eigenvalue weighted by molar-refractivity contribution is -0.137. The molecule has 1 aromatic heterocycles. The Hall–Kier alpha value is -4.19. The Morgan fingerprint density at radius 3 is 2.39 bits per heavy atom. The van der Waals surface area contributed by atoms with E-state index in [-0.39, 0.29) is 12.1 Å². The number of pyridine rings is 1. The zero-order chi connectivity index (χ0) is 26.3. The fourth-order valence-electron chi connectivity index (χ4n) is 5.17. The molecule has 0 saturated heterocycles. The number of nitrogens with zero attached hydrogens (tertiary/aromatic N) is 1. The van der Waals surface area contributed by atoms with Gasteiger partial charge in [-0.25, -0.2) is 0 Å². The molecule has 2 N–H and O–H groups in total. The van der Waals surface area contributed by atoms with Crippen molar-refractivity contribution in [2.75, 3.05) is 6.61 Å². The molecule has 5 rings (SSSR count). The highest BCUT2D eigenvalue weighted by atomic mass is 16.5. The minimum absolute atomic E-state index is 0.231. The first-order valence-corrected chi connectivity index (χ1v) is 13.3. The fourth-order valence-corrected chi connectivity index (χ4v) is 5.17. The molecule has 0 radical (unpaired) electrons. The van der Waals surface area contributed by atoms with Gasteiger partial charge >= 0.3 is 5.97 Å². The first-order valence-electron chi connectivity index (χ1n) is 13.3. The van der Waals surface area contributed by atoms with Gasteiger partial charge in [0.05, 0.1) is 19.1 Å². The van der Waals surface area contributed by atoms with Crippen molar-refractivity contribution in [2.24, 2.45) is 5.92 Å². The number of carboxylic acids is 1. The number of amides is 1. The monoisotopic (exact) mass is 508 g/mol. The molecule has 1 unspecified atom stereocenters. The third-order valence-corrected chi connectivity index (χ3v) is 7.30. The molecule has 0 aliphatic heterocycles. The molecule has 1 aliphatic rings. The number of carboxylic acid groups (broad SMARTS) is 1. The molecule has 3 aromatic carbocycles. The summed E-state index contributed by atoms with van der Waals surface area (Å²) in [7, 11) is 0. The van der Waals surface area contributed by atoms with Crippen LogP contribution in [0, 0.1) is 5.92 Å². The minimum atomic E-state index is -0.991. The minimum Gasteiger partial charge on any atom is -0.494 e. The maximum Gasteiger partial charge on any atom is 0.305 e. The molecule has 6 heteroatoms. The summed E-state index contributed by atoms with van der Waals surface area (Å²) in [5.41, 5.74) is 3.05. The van der Waals surface area contributed by atoms with Crippen molar-refractivity contribution >= 4 is 22.6 Å². The van der Waals surface area contributed by atoms with E-state index in [1.54, 1.807) is 12.3 Å². The Morgan fingerprint density at radius 1 is 0.921 bits per heavy atom. The summed E-state index contributed by atoms with van der Waals surface area (Å²) in [6.07, 6.45) is 7.80. The molecule has 0 spiro atoms. The number of carbonyl (C=O) groups excluding carboxylic acids is 1. The predicted octanol–water partition coefficient (Wildman–Crippen LogP) is 6.81. The first-order chi connectivity index (χ1) is 18.5. The smallest absolute Gasteiger partial charge is 0.305 e. The summed E-state index contributed by atoms with van der Waals surface area (Å²) in [4.78, 5) is 29.0. The van der Waals surface area contributed by atoms with Gasteiger partial charge in [0.25, 0.3) is 5.91 Å². The van der Waals surface area contributed by atoms with Gasteiger partial charge in [-0.1, -0.05) is 86.3 Å². The molecule has 1 atom stereocenters. The summed E-state index contributed by atoms with van der Waals surface area (Å²) >= 11 is 0. The zero-order valence-corrected chi connectivity index (χ0v) is 21.3. The van der Waals surface area contributed by atoms with Crippen molar-refractivity contribution < 1.29 is 19.4 Å². The van der Waals surface area contributed by atoms with Crippen LogP contribution in [0.2, 0.25) is 0 Å². The SMILES string of the molecule is O=C(O)CC(NC(=O)c1cc2ccc(OCCC3CCCC3)cc2cn1)c1ccc(-c2ccccc2)cc1. The number of aromatic nitrogens is 1. The number of nitrogens with one attached hydrogen (secondary N) is 1. The van der Waals surface area contributed by atoms with Crippen molar-refractivity contribution in [1.82, 2.24) is 10.3 Å². The van der Waals surface area contributed by atoms with E-state index < -0.39 is 17.9 Å². The van der Waals surface area contributed by atoms with E-state index in [2.05, 4.69) is 10.3 Å². The van der Waals surface area contributed by atoms with Crippen LogP contribution in [-0.4, -0.2) is 28.6 Å². The average molecular weight is 509 g/mol. The van der Waals surface area contributed by atoms with Crippen molar-refractivity contribution in [3.63, 3.8) is 0 Å². The van der Waals surface area contributed by atoms with Gasteiger partial charge in [-0.2, -0.15) is 0 Å². The number of hydrogen-bond acceptors (Lipinski definition) is 4. The summed E-state index contributed by atoms with van der Waals surface area (Å²) in [6.45, 7) is 0.710. The average Bonchev–Trinajstić information content (AvgIpc) is 3.46. The molecule has 38 heavy (non-hydrogen) atoms. The number of rotatable bonds is 10. The van der Waals surface area contributed by atoms with E-state index in [9.17, 15) is 14.7 Å². The van der Waals surface area contributed by atoms with E-state index in [1.165, 1.54) is 25.7 Å². The van der Waals surface area contributed by atoms with Gasteiger partial charge in [-0.05, 0) is 52.6 Å². The van der Waals surface area contributed by atoms with E-state index in [0.29, 0.717) is 6.61 Å². The predicted molar refractivity (Wildman–Crippen MR) is 148 cm³/mol. The van der Waals surface area contributed by atoms with Crippen LogP contribution < -0.4 is 10.1 Å². The maximum atomic E-state index is 13.1. The molecule has 4 aromatic rings. The van der Waals surface area contributed by atoms with E-state index >= 15 is 0 Å². The van der Waals surface area contributed by atoms with Gasteiger partial charge in [0, 0.05) is 11.6 Å². The summed E-state index contributed by atoms with van der Waals surface area (Å²) in [5, 5.41) is 14.1. The van der Waals surface area contributed by atoms with Gasteiger partial charge in [0.1, 0.15) is 11.4 Å². The Morgan fingerprint density at radius 2 is 1.66 bits per heavy atom. The molecular weight excluding hydrogens is 476 g/mol. The normalized spacial score (nSPS) is 14.3. The summed E-state index contributed by atoms with van der Waals surface area (Å²) in [5.74, 6) is 0.177. The second-order valence-electron chi connectivity index (χ2n) is 9.98. The van der Waals surface area contributed by atoms with Crippen LogP contribution in [0.5, 0.6) is 5.75 Å². The Bertz CT molecular complexity index is 1400. The topological polar surface area (TPSA) is 88.5 Å². The van der Waals surface area contributed by atoms with Crippen LogP contribution in [0.4, 0.5) is 0 Å².